The van der Waals surface area contributed by atoms with Gasteiger partial charge in [0.1, 0.15) is 0 Å². The summed E-state index contributed by atoms with van der Waals surface area (Å²) < 4.78 is 26.9. The lowest BCUT2D eigenvalue weighted by Gasteiger charge is -2.30. The van der Waals surface area contributed by atoms with E-state index in [4.69, 9.17) is 0 Å². The Balaban J connectivity index is 2.25. The van der Waals surface area contributed by atoms with E-state index >= 15 is 0 Å². The standard InChI is InChI=1S/C11H15F2N3O/c1-14-10-8(12)6-9(13)11(15-10)16-4-2-7(17)3-5-16/h6-7,17H,2-5H2,1H3,(H,14,15). The van der Waals surface area contributed by atoms with Crippen LogP contribution in [0.2, 0.25) is 0 Å². The van der Waals surface area contributed by atoms with E-state index in [2.05, 4.69) is 10.3 Å². The van der Waals surface area contributed by atoms with Gasteiger partial charge in [-0.15, -0.1) is 0 Å². The van der Waals surface area contributed by atoms with E-state index in [0.717, 1.165) is 6.07 Å². The van der Waals surface area contributed by atoms with Gasteiger partial charge in [-0.05, 0) is 12.8 Å². The molecule has 0 bridgehead atoms. The predicted molar refractivity (Wildman–Crippen MR) is 61.2 cm³/mol. The highest BCUT2D eigenvalue weighted by Gasteiger charge is 2.22. The molecule has 2 N–H and O–H groups in total. The number of hydrogen-bond acceptors (Lipinski definition) is 4. The zero-order valence-electron chi connectivity index (χ0n) is 9.58. The van der Waals surface area contributed by atoms with Crippen molar-refractivity contribution in [2.75, 3.05) is 30.4 Å². The number of rotatable bonds is 2. The Morgan fingerprint density at radius 2 is 2.00 bits per heavy atom. The normalized spacial score (nSPS) is 17.3. The molecule has 1 aliphatic heterocycles. The van der Waals surface area contributed by atoms with Crippen molar-refractivity contribution in [2.45, 2.75) is 18.9 Å². The third-order valence-electron chi connectivity index (χ3n) is 2.91. The van der Waals surface area contributed by atoms with Crippen LogP contribution in [-0.4, -0.2) is 36.3 Å². The van der Waals surface area contributed by atoms with Crippen LogP contribution in [0.4, 0.5) is 20.4 Å². The molecule has 0 spiro atoms. The van der Waals surface area contributed by atoms with Gasteiger partial charge in [0.25, 0.3) is 0 Å². The highest BCUT2D eigenvalue weighted by atomic mass is 19.1. The maximum absolute atomic E-state index is 13.6. The van der Waals surface area contributed by atoms with Crippen molar-refractivity contribution in [1.29, 1.82) is 0 Å². The molecule has 0 saturated carbocycles. The van der Waals surface area contributed by atoms with Crippen LogP contribution >= 0.6 is 0 Å². The second-order valence-electron chi connectivity index (χ2n) is 4.09. The van der Waals surface area contributed by atoms with Crippen LogP contribution in [0.1, 0.15) is 12.8 Å². The second kappa shape index (κ2) is 4.83. The van der Waals surface area contributed by atoms with Crippen LogP contribution in [-0.2, 0) is 0 Å². The molecular weight excluding hydrogens is 228 g/mol. The van der Waals surface area contributed by atoms with Crippen molar-refractivity contribution in [3.8, 4) is 0 Å². The zero-order chi connectivity index (χ0) is 12.4. The van der Waals surface area contributed by atoms with Crippen LogP contribution in [0.5, 0.6) is 0 Å². The van der Waals surface area contributed by atoms with Gasteiger partial charge < -0.3 is 15.3 Å². The lowest BCUT2D eigenvalue weighted by atomic mass is 10.1. The first kappa shape index (κ1) is 12.0. The van der Waals surface area contributed by atoms with Crippen LogP contribution in [0.3, 0.4) is 0 Å². The van der Waals surface area contributed by atoms with Gasteiger partial charge in [0.15, 0.2) is 23.3 Å². The van der Waals surface area contributed by atoms with Crippen molar-refractivity contribution < 1.29 is 13.9 Å². The summed E-state index contributed by atoms with van der Waals surface area (Å²) in [5.74, 6) is -1.20. The van der Waals surface area contributed by atoms with Gasteiger partial charge in [0.05, 0.1) is 6.10 Å². The first-order valence-corrected chi connectivity index (χ1v) is 5.58. The Kier molecular flexibility index (Phi) is 3.42. The van der Waals surface area contributed by atoms with E-state index in [0.29, 0.717) is 25.9 Å². The molecular formula is C11H15F2N3O. The molecule has 2 heterocycles. The molecule has 94 valence electrons. The molecule has 6 heteroatoms. The van der Waals surface area contributed by atoms with Gasteiger partial charge in [-0.1, -0.05) is 0 Å². The quantitative estimate of drug-likeness (QED) is 0.823. The second-order valence-corrected chi connectivity index (χ2v) is 4.09. The number of piperidine rings is 1. The topological polar surface area (TPSA) is 48.4 Å². The monoisotopic (exact) mass is 243 g/mol. The fourth-order valence-corrected chi connectivity index (χ4v) is 1.93. The number of hydrogen-bond donors (Lipinski definition) is 2. The smallest absolute Gasteiger partial charge is 0.168 e. The summed E-state index contributed by atoms with van der Waals surface area (Å²) in [7, 11) is 1.53. The molecule has 4 nitrogen and oxygen atoms in total. The number of aliphatic hydroxyl groups excluding tert-OH is 1. The van der Waals surface area contributed by atoms with Crippen molar-refractivity contribution in [2.24, 2.45) is 0 Å². The van der Waals surface area contributed by atoms with Crippen LogP contribution < -0.4 is 10.2 Å². The minimum absolute atomic E-state index is 0.0347. The molecule has 2 rings (SSSR count). The molecule has 1 aromatic heterocycles. The summed E-state index contributed by atoms with van der Waals surface area (Å²) in [4.78, 5) is 5.65. The number of pyridine rings is 1. The van der Waals surface area contributed by atoms with Gasteiger partial charge in [0.2, 0.25) is 0 Å². The molecule has 0 amide bonds. The first-order chi connectivity index (χ1) is 8.11. The molecule has 0 radical (unpaired) electrons. The van der Waals surface area contributed by atoms with E-state index in [1.54, 1.807) is 4.90 Å². The van der Waals surface area contributed by atoms with Gasteiger partial charge >= 0.3 is 0 Å². The van der Waals surface area contributed by atoms with Crippen molar-refractivity contribution in [3.63, 3.8) is 0 Å². The number of halogens is 2. The number of nitrogens with one attached hydrogen (secondary N) is 1. The lowest BCUT2D eigenvalue weighted by Crippen LogP contribution is -2.37. The lowest BCUT2D eigenvalue weighted by molar-refractivity contribution is 0.145. The maximum Gasteiger partial charge on any atom is 0.168 e. The average Bonchev–Trinajstić information content (AvgIpc) is 2.31. The van der Waals surface area contributed by atoms with Crippen molar-refractivity contribution in [3.05, 3.63) is 17.7 Å². The summed E-state index contributed by atoms with van der Waals surface area (Å²) in [6.07, 6.45) is 0.819. The SMILES string of the molecule is CNc1nc(N2CCC(O)CC2)c(F)cc1F. The highest BCUT2D eigenvalue weighted by Crippen LogP contribution is 2.24. The summed E-state index contributed by atoms with van der Waals surface area (Å²) in [5.41, 5.74) is 0. The molecule has 0 aromatic carbocycles. The molecule has 17 heavy (non-hydrogen) atoms. The van der Waals surface area contributed by atoms with Gasteiger partial charge in [0, 0.05) is 26.2 Å². The number of aliphatic hydroxyl groups is 1. The van der Waals surface area contributed by atoms with Crippen molar-refractivity contribution in [1.82, 2.24) is 4.98 Å². The predicted octanol–water partition coefficient (Wildman–Crippen LogP) is 1.36. The van der Waals surface area contributed by atoms with E-state index in [1.807, 2.05) is 0 Å². The van der Waals surface area contributed by atoms with Crippen LogP contribution in [0.25, 0.3) is 0 Å². The van der Waals surface area contributed by atoms with E-state index in [1.165, 1.54) is 7.05 Å². The summed E-state index contributed by atoms with van der Waals surface area (Å²) >= 11 is 0. The van der Waals surface area contributed by atoms with Gasteiger partial charge in [-0.3, -0.25) is 0 Å². The Morgan fingerprint density at radius 3 is 2.59 bits per heavy atom. The molecule has 1 saturated heterocycles. The van der Waals surface area contributed by atoms with E-state index < -0.39 is 11.6 Å². The summed E-state index contributed by atoms with van der Waals surface area (Å²) in [6.45, 7) is 1.06. The molecule has 1 fully saturated rings. The molecule has 0 unspecified atom stereocenters. The van der Waals surface area contributed by atoms with E-state index in [-0.39, 0.29) is 17.7 Å². The number of nitrogens with zero attached hydrogens (tertiary/aromatic N) is 2. The highest BCUT2D eigenvalue weighted by molar-refractivity contribution is 5.49. The van der Waals surface area contributed by atoms with Gasteiger partial charge in [-0.2, -0.15) is 0 Å². The van der Waals surface area contributed by atoms with Crippen LogP contribution in [0, 0.1) is 11.6 Å². The third kappa shape index (κ3) is 2.46. The summed E-state index contributed by atoms with van der Waals surface area (Å²) in [5, 5.41) is 12.0. The Bertz CT molecular complexity index is 406. The van der Waals surface area contributed by atoms with Crippen molar-refractivity contribution >= 4 is 11.6 Å². The fraction of sp³-hybridized carbons (Fsp3) is 0.545. The average molecular weight is 243 g/mol. The van der Waals surface area contributed by atoms with Crippen LogP contribution in [0.15, 0.2) is 6.07 Å². The zero-order valence-corrected chi connectivity index (χ0v) is 9.58. The molecule has 0 atom stereocenters. The molecule has 0 aliphatic carbocycles. The van der Waals surface area contributed by atoms with Gasteiger partial charge in [-0.25, -0.2) is 13.8 Å². The number of anilines is 2. The maximum atomic E-state index is 13.6. The Labute approximate surface area is 98.3 Å². The number of aromatic nitrogens is 1. The minimum Gasteiger partial charge on any atom is -0.393 e. The molecule has 1 aromatic rings. The Morgan fingerprint density at radius 1 is 1.35 bits per heavy atom. The largest absolute Gasteiger partial charge is 0.393 e. The minimum atomic E-state index is -0.703. The first-order valence-electron chi connectivity index (χ1n) is 5.58. The van der Waals surface area contributed by atoms with E-state index in [9.17, 15) is 13.9 Å². The summed E-state index contributed by atoms with van der Waals surface area (Å²) in [6, 6.07) is 0.833. The molecule has 1 aliphatic rings. The Hall–Kier alpha value is -1.43. The third-order valence-corrected chi connectivity index (χ3v) is 2.91. The fourth-order valence-electron chi connectivity index (χ4n) is 1.93.